The maximum Gasteiger partial charge on any atom is 0.416 e. The van der Waals surface area contributed by atoms with Crippen molar-refractivity contribution in [3.63, 3.8) is 0 Å². The highest BCUT2D eigenvalue weighted by molar-refractivity contribution is 9.09. The molecule has 6 heteroatoms. The number of anilines is 1. The number of hydrogen-bond acceptors (Lipinski definition) is 2. The molecular weight excluding hydrogens is 297 g/mol. The lowest BCUT2D eigenvalue weighted by Crippen LogP contribution is -2.19. The lowest BCUT2D eigenvalue weighted by molar-refractivity contribution is -0.137. The molecular formula is C11H14BrF3N2. The highest BCUT2D eigenvalue weighted by Gasteiger charge is 2.30. The van der Waals surface area contributed by atoms with E-state index in [0.29, 0.717) is 4.83 Å². The molecule has 0 radical (unpaired) electrons. The Kier molecular flexibility index (Phi) is 4.80. The van der Waals surface area contributed by atoms with Crippen molar-refractivity contribution in [2.75, 3.05) is 5.32 Å². The molecule has 0 aromatic carbocycles. The Morgan fingerprint density at radius 3 is 2.59 bits per heavy atom. The van der Waals surface area contributed by atoms with Crippen molar-refractivity contribution < 1.29 is 13.2 Å². The molecule has 0 bridgehead atoms. The van der Waals surface area contributed by atoms with Crippen LogP contribution in [0.2, 0.25) is 0 Å². The van der Waals surface area contributed by atoms with Crippen LogP contribution >= 0.6 is 15.9 Å². The van der Waals surface area contributed by atoms with Crippen molar-refractivity contribution in [3.05, 3.63) is 23.9 Å². The Bertz CT molecular complexity index is 366. The van der Waals surface area contributed by atoms with Crippen LogP contribution in [0.1, 0.15) is 25.8 Å². The molecule has 0 aliphatic rings. The number of rotatable bonds is 4. The standard InChI is InChI=1S/C11H14BrF3N2/c1-7(12)5-8(2)17-10-6-9(3-4-16-10)11(13,14)15/h3-4,6-8H,5H2,1-2H3,(H,16,17). The van der Waals surface area contributed by atoms with Crippen LogP contribution in [0.3, 0.4) is 0 Å². The molecule has 2 unspecified atom stereocenters. The van der Waals surface area contributed by atoms with E-state index in [0.717, 1.165) is 24.8 Å². The van der Waals surface area contributed by atoms with E-state index in [2.05, 4.69) is 26.2 Å². The Balaban J connectivity index is 2.72. The summed E-state index contributed by atoms with van der Waals surface area (Å²) >= 11 is 3.39. The monoisotopic (exact) mass is 310 g/mol. The third-order valence-corrected chi connectivity index (χ3v) is 2.53. The number of nitrogens with zero attached hydrogens (tertiary/aromatic N) is 1. The number of halogens is 4. The van der Waals surface area contributed by atoms with E-state index < -0.39 is 11.7 Å². The first-order valence-electron chi connectivity index (χ1n) is 5.23. The van der Waals surface area contributed by atoms with Gasteiger partial charge < -0.3 is 5.32 Å². The van der Waals surface area contributed by atoms with Crippen LogP contribution in [0, 0.1) is 0 Å². The summed E-state index contributed by atoms with van der Waals surface area (Å²) < 4.78 is 37.4. The molecule has 2 nitrogen and oxygen atoms in total. The minimum Gasteiger partial charge on any atom is -0.368 e. The molecule has 0 spiro atoms. The van der Waals surface area contributed by atoms with Crippen molar-refractivity contribution in [2.24, 2.45) is 0 Å². The third-order valence-electron chi connectivity index (χ3n) is 2.16. The average molecular weight is 311 g/mol. The van der Waals surface area contributed by atoms with Gasteiger partial charge in [-0.15, -0.1) is 0 Å². The minimum absolute atomic E-state index is 0.0559. The van der Waals surface area contributed by atoms with Crippen LogP contribution in [-0.2, 0) is 6.18 Å². The predicted octanol–water partition coefficient (Wildman–Crippen LogP) is 4.07. The molecule has 0 saturated carbocycles. The van der Waals surface area contributed by atoms with Crippen LogP contribution in [-0.4, -0.2) is 15.9 Å². The molecule has 0 fully saturated rings. The number of hydrogen-bond donors (Lipinski definition) is 1. The fourth-order valence-corrected chi connectivity index (χ4v) is 2.05. The topological polar surface area (TPSA) is 24.9 Å². The van der Waals surface area contributed by atoms with Gasteiger partial charge in [-0.25, -0.2) is 4.98 Å². The van der Waals surface area contributed by atoms with Crippen molar-refractivity contribution in [2.45, 2.75) is 37.3 Å². The Morgan fingerprint density at radius 1 is 1.41 bits per heavy atom. The molecule has 1 rings (SSSR count). The van der Waals surface area contributed by atoms with Crippen molar-refractivity contribution in [1.29, 1.82) is 0 Å². The minimum atomic E-state index is -4.33. The van der Waals surface area contributed by atoms with E-state index in [-0.39, 0.29) is 11.9 Å². The lowest BCUT2D eigenvalue weighted by atomic mass is 10.2. The summed E-state index contributed by atoms with van der Waals surface area (Å²) in [4.78, 5) is 4.18. The van der Waals surface area contributed by atoms with Crippen LogP contribution in [0.25, 0.3) is 0 Å². The summed E-state index contributed by atoms with van der Waals surface area (Å²) in [6.45, 7) is 3.89. The molecule has 0 aliphatic heterocycles. The molecule has 1 heterocycles. The number of alkyl halides is 4. The first-order valence-corrected chi connectivity index (χ1v) is 6.14. The normalized spacial score (nSPS) is 15.4. The molecule has 1 N–H and O–H groups in total. The molecule has 17 heavy (non-hydrogen) atoms. The maximum atomic E-state index is 12.5. The van der Waals surface area contributed by atoms with Crippen LogP contribution in [0.5, 0.6) is 0 Å². The fraction of sp³-hybridized carbons (Fsp3) is 0.545. The molecule has 96 valence electrons. The Labute approximate surface area is 107 Å². The lowest BCUT2D eigenvalue weighted by Gasteiger charge is -2.16. The average Bonchev–Trinajstić information content (AvgIpc) is 2.15. The van der Waals surface area contributed by atoms with Gasteiger partial charge in [0.05, 0.1) is 5.56 Å². The predicted molar refractivity (Wildman–Crippen MR) is 65.3 cm³/mol. The van der Waals surface area contributed by atoms with Gasteiger partial charge in [0.2, 0.25) is 0 Å². The zero-order chi connectivity index (χ0) is 13.1. The Hall–Kier alpha value is -0.780. The second-order valence-corrected chi connectivity index (χ2v) is 5.55. The van der Waals surface area contributed by atoms with E-state index >= 15 is 0 Å². The molecule has 1 aromatic rings. The molecule has 0 aliphatic carbocycles. The molecule has 0 saturated heterocycles. The van der Waals surface area contributed by atoms with Crippen molar-refractivity contribution >= 4 is 21.7 Å². The highest BCUT2D eigenvalue weighted by atomic mass is 79.9. The summed E-state index contributed by atoms with van der Waals surface area (Å²) in [5, 5.41) is 2.94. The quantitative estimate of drug-likeness (QED) is 0.848. The molecule has 0 amide bonds. The highest BCUT2D eigenvalue weighted by Crippen LogP contribution is 2.30. The summed E-state index contributed by atoms with van der Waals surface area (Å²) in [5.74, 6) is 0.250. The maximum absolute atomic E-state index is 12.5. The number of nitrogens with one attached hydrogen (secondary N) is 1. The summed E-state index contributed by atoms with van der Waals surface area (Å²) in [7, 11) is 0. The van der Waals surface area contributed by atoms with Gasteiger partial charge in [0.25, 0.3) is 0 Å². The summed E-state index contributed by atoms with van der Waals surface area (Å²) in [6, 6.07) is 2.04. The number of aromatic nitrogens is 1. The van der Waals surface area contributed by atoms with Crippen LogP contribution in [0.4, 0.5) is 19.0 Å². The van der Waals surface area contributed by atoms with Gasteiger partial charge in [-0.05, 0) is 25.5 Å². The van der Waals surface area contributed by atoms with Crippen LogP contribution < -0.4 is 5.32 Å². The summed E-state index contributed by atoms with van der Waals surface area (Å²) in [6.07, 6.45) is -2.36. The Morgan fingerprint density at radius 2 is 2.06 bits per heavy atom. The SMILES string of the molecule is CC(Br)CC(C)Nc1cc(C(F)(F)F)ccn1. The van der Waals surface area contributed by atoms with E-state index in [1.807, 2.05) is 13.8 Å². The zero-order valence-corrected chi connectivity index (χ0v) is 11.1. The summed E-state index contributed by atoms with van der Waals surface area (Å²) in [5.41, 5.74) is -0.686. The third kappa shape index (κ3) is 4.93. The smallest absolute Gasteiger partial charge is 0.368 e. The second-order valence-electron chi connectivity index (χ2n) is 3.99. The first kappa shape index (κ1) is 14.3. The van der Waals surface area contributed by atoms with Gasteiger partial charge in [0, 0.05) is 17.1 Å². The zero-order valence-electron chi connectivity index (χ0n) is 9.55. The first-order chi connectivity index (χ1) is 7.79. The van der Waals surface area contributed by atoms with Crippen molar-refractivity contribution in [1.82, 2.24) is 4.98 Å². The molecule has 1 aromatic heterocycles. The van der Waals surface area contributed by atoms with Gasteiger partial charge in [0.1, 0.15) is 5.82 Å². The van der Waals surface area contributed by atoms with Gasteiger partial charge in [0.15, 0.2) is 0 Å². The van der Waals surface area contributed by atoms with Gasteiger partial charge in [-0.1, -0.05) is 22.9 Å². The van der Waals surface area contributed by atoms with E-state index in [1.54, 1.807) is 0 Å². The fourth-order valence-electron chi connectivity index (χ4n) is 1.48. The number of pyridine rings is 1. The van der Waals surface area contributed by atoms with Crippen molar-refractivity contribution in [3.8, 4) is 0 Å². The molecule has 2 atom stereocenters. The van der Waals surface area contributed by atoms with Gasteiger partial charge >= 0.3 is 6.18 Å². The largest absolute Gasteiger partial charge is 0.416 e. The van der Waals surface area contributed by atoms with E-state index in [4.69, 9.17) is 0 Å². The van der Waals surface area contributed by atoms with Gasteiger partial charge in [-0.3, -0.25) is 0 Å². The second kappa shape index (κ2) is 5.71. The van der Waals surface area contributed by atoms with E-state index in [9.17, 15) is 13.2 Å². The van der Waals surface area contributed by atoms with Crippen LogP contribution in [0.15, 0.2) is 18.3 Å². The van der Waals surface area contributed by atoms with E-state index in [1.165, 1.54) is 0 Å². The van der Waals surface area contributed by atoms with Gasteiger partial charge in [-0.2, -0.15) is 13.2 Å².